The van der Waals surface area contributed by atoms with Gasteiger partial charge in [-0.1, -0.05) is 6.07 Å². The Morgan fingerprint density at radius 2 is 2.00 bits per heavy atom. The summed E-state index contributed by atoms with van der Waals surface area (Å²) < 4.78 is 27.2. The molecule has 0 fully saturated rings. The highest BCUT2D eigenvalue weighted by atomic mass is 19.1. The lowest BCUT2D eigenvalue weighted by Crippen LogP contribution is -2.08. The minimum Gasteiger partial charge on any atom is -0.368 e. The number of aromatic nitrogens is 3. The van der Waals surface area contributed by atoms with Crippen molar-refractivity contribution in [3.8, 4) is 0 Å². The smallest absolute Gasteiger partial charge is 0.241 e. The van der Waals surface area contributed by atoms with Gasteiger partial charge >= 0.3 is 0 Å². The van der Waals surface area contributed by atoms with E-state index in [1.165, 1.54) is 10.7 Å². The SMILES string of the molecule is Nc1nc(N)n(Cc2ccc(F)cc2F)n1. The van der Waals surface area contributed by atoms with Gasteiger partial charge in [-0.05, 0) is 6.07 Å². The summed E-state index contributed by atoms with van der Waals surface area (Å²) in [6.45, 7) is 0.0577. The standard InChI is InChI=1S/C9H9F2N5/c10-6-2-1-5(7(11)3-6)4-16-9(13)14-8(12)15-16/h1-3H,4H2,(H4,12,13,14,15). The van der Waals surface area contributed by atoms with Crippen LogP contribution < -0.4 is 11.5 Å². The van der Waals surface area contributed by atoms with Crippen LogP contribution in [0.1, 0.15) is 5.56 Å². The Kier molecular flexibility index (Phi) is 2.43. The molecule has 1 aromatic heterocycles. The van der Waals surface area contributed by atoms with Crippen LogP contribution in [0.3, 0.4) is 0 Å². The van der Waals surface area contributed by atoms with Crippen LogP contribution in [-0.4, -0.2) is 14.8 Å². The number of hydrogen-bond acceptors (Lipinski definition) is 4. The second kappa shape index (κ2) is 3.76. The summed E-state index contributed by atoms with van der Waals surface area (Å²) in [5.74, 6) is -1.19. The second-order valence-corrected chi connectivity index (χ2v) is 3.22. The van der Waals surface area contributed by atoms with Crippen LogP contribution in [0.5, 0.6) is 0 Å². The number of rotatable bonds is 2. The van der Waals surface area contributed by atoms with Crippen LogP contribution in [0.4, 0.5) is 20.7 Å². The number of hydrogen-bond donors (Lipinski definition) is 2. The van der Waals surface area contributed by atoms with Gasteiger partial charge in [0.05, 0.1) is 6.54 Å². The van der Waals surface area contributed by atoms with Gasteiger partial charge in [-0.25, -0.2) is 13.5 Å². The fourth-order valence-corrected chi connectivity index (χ4v) is 1.30. The number of anilines is 2. The van der Waals surface area contributed by atoms with Crippen molar-refractivity contribution >= 4 is 11.9 Å². The van der Waals surface area contributed by atoms with E-state index in [4.69, 9.17) is 11.5 Å². The molecule has 0 amide bonds. The molecule has 0 atom stereocenters. The molecule has 84 valence electrons. The fraction of sp³-hybridized carbons (Fsp3) is 0.111. The minimum absolute atomic E-state index is 0.0139. The normalized spacial score (nSPS) is 10.6. The average molecular weight is 225 g/mol. The predicted molar refractivity (Wildman–Crippen MR) is 54.3 cm³/mol. The van der Waals surface area contributed by atoms with E-state index in [9.17, 15) is 8.78 Å². The Labute approximate surface area is 89.7 Å². The Balaban J connectivity index is 2.30. The molecule has 0 bridgehead atoms. The van der Waals surface area contributed by atoms with Crippen molar-refractivity contribution in [2.24, 2.45) is 0 Å². The molecule has 2 rings (SSSR count). The molecule has 0 aliphatic rings. The number of nitrogens with zero attached hydrogens (tertiary/aromatic N) is 3. The van der Waals surface area contributed by atoms with E-state index in [-0.39, 0.29) is 24.0 Å². The molecule has 1 aromatic carbocycles. The molecule has 2 aromatic rings. The first kappa shape index (κ1) is 10.3. The molecule has 7 heteroatoms. The molecule has 5 nitrogen and oxygen atoms in total. The van der Waals surface area contributed by atoms with Crippen molar-refractivity contribution < 1.29 is 8.78 Å². The zero-order chi connectivity index (χ0) is 11.7. The van der Waals surface area contributed by atoms with Gasteiger partial charge in [-0.2, -0.15) is 4.98 Å². The third kappa shape index (κ3) is 1.92. The molecule has 0 saturated heterocycles. The summed E-state index contributed by atoms with van der Waals surface area (Å²) >= 11 is 0. The third-order valence-corrected chi connectivity index (χ3v) is 2.05. The molecule has 1 heterocycles. The Bertz CT molecular complexity index is 523. The monoisotopic (exact) mass is 225 g/mol. The Morgan fingerprint density at radius 3 is 2.56 bits per heavy atom. The van der Waals surface area contributed by atoms with E-state index in [1.54, 1.807) is 0 Å². The predicted octanol–water partition coefficient (Wildman–Crippen LogP) is 0.769. The van der Waals surface area contributed by atoms with Crippen molar-refractivity contribution in [1.82, 2.24) is 14.8 Å². The Hall–Kier alpha value is -2.18. The first-order valence-electron chi connectivity index (χ1n) is 4.46. The van der Waals surface area contributed by atoms with Crippen LogP contribution in [0.25, 0.3) is 0 Å². The zero-order valence-corrected chi connectivity index (χ0v) is 8.19. The summed E-state index contributed by atoms with van der Waals surface area (Å²) in [5.41, 5.74) is 11.1. The van der Waals surface area contributed by atoms with Crippen molar-refractivity contribution in [3.05, 3.63) is 35.4 Å². The maximum absolute atomic E-state index is 13.3. The van der Waals surface area contributed by atoms with Crippen molar-refractivity contribution in [3.63, 3.8) is 0 Å². The van der Waals surface area contributed by atoms with Gasteiger partial charge in [-0.3, -0.25) is 0 Å². The van der Waals surface area contributed by atoms with E-state index in [1.807, 2.05) is 0 Å². The Morgan fingerprint density at radius 1 is 1.25 bits per heavy atom. The quantitative estimate of drug-likeness (QED) is 0.790. The number of benzene rings is 1. The summed E-state index contributed by atoms with van der Waals surface area (Å²) in [6, 6.07) is 3.28. The summed E-state index contributed by atoms with van der Waals surface area (Å²) in [5, 5.41) is 3.77. The van der Waals surface area contributed by atoms with Gasteiger partial charge < -0.3 is 11.5 Å². The van der Waals surface area contributed by atoms with E-state index < -0.39 is 11.6 Å². The lowest BCUT2D eigenvalue weighted by Gasteiger charge is -2.04. The number of halogens is 2. The first-order chi connectivity index (χ1) is 7.56. The average Bonchev–Trinajstić information content (AvgIpc) is 2.50. The topological polar surface area (TPSA) is 82.7 Å². The lowest BCUT2D eigenvalue weighted by atomic mass is 10.2. The third-order valence-electron chi connectivity index (χ3n) is 2.05. The summed E-state index contributed by atoms with van der Waals surface area (Å²) in [7, 11) is 0. The minimum atomic E-state index is -0.659. The highest BCUT2D eigenvalue weighted by molar-refractivity contribution is 5.28. The highest BCUT2D eigenvalue weighted by Gasteiger charge is 2.08. The molecule has 0 radical (unpaired) electrons. The van der Waals surface area contributed by atoms with E-state index in [2.05, 4.69) is 10.1 Å². The molecule has 0 aliphatic heterocycles. The van der Waals surface area contributed by atoms with Gasteiger partial charge in [0.1, 0.15) is 11.6 Å². The van der Waals surface area contributed by atoms with E-state index in [0.717, 1.165) is 12.1 Å². The molecule has 0 unspecified atom stereocenters. The lowest BCUT2D eigenvalue weighted by molar-refractivity contribution is 0.560. The van der Waals surface area contributed by atoms with Crippen LogP contribution in [0, 0.1) is 11.6 Å². The largest absolute Gasteiger partial charge is 0.368 e. The van der Waals surface area contributed by atoms with Crippen LogP contribution in [-0.2, 0) is 6.54 Å². The molecular weight excluding hydrogens is 216 g/mol. The van der Waals surface area contributed by atoms with Crippen molar-refractivity contribution in [2.45, 2.75) is 6.54 Å². The van der Waals surface area contributed by atoms with Gasteiger partial charge in [0.25, 0.3) is 0 Å². The molecule has 0 spiro atoms. The van der Waals surface area contributed by atoms with Crippen LogP contribution >= 0.6 is 0 Å². The second-order valence-electron chi connectivity index (χ2n) is 3.22. The van der Waals surface area contributed by atoms with E-state index >= 15 is 0 Å². The zero-order valence-electron chi connectivity index (χ0n) is 8.19. The maximum Gasteiger partial charge on any atom is 0.241 e. The fourth-order valence-electron chi connectivity index (χ4n) is 1.30. The van der Waals surface area contributed by atoms with Crippen LogP contribution in [0.15, 0.2) is 18.2 Å². The number of nitrogen functional groups attached to an aromatic ring is 2. The molecular formula is C9H9F2N5. The maximum atomic E-state index is 13.3. The van der Waals surface area contributed by atoms with Crippen molar-refractivity contribution in [1.29, 1.82) is 0 Å². The van der Waals surface area contributed by atoms with Crippen LogP contribution in [0.2, 0.25) is 0 Å². The van der Waals surface area contributed by atoms with Gasteiger partial charge in [0.2, 0.25) is 11.9 Å². The molecule has 16 heavy (non-hydrogen) atoms. The summed E-state index contributed by atoms with van der Waals surface area (Å²) in [4.78, 5) is 3.67. The van der Waals surface area contributed by atoms with Gasteiger partial charge in [0, 0.05) is 11.6 Å². The molecule has 4 N–H and O–H groups in total. The van der Waals surface area contributed by atoms with Crippen molar-refractivity contribution in [2.75, 3.05) is 11.5 Å². The van der Waals surface area contributed by atoms with E-state index in [0.29, 0.717) is 0 Å². The van der Waals surface area contributed by atoms with Gasteiger partial charge in [-0.15, -0.1) is 5.10 Å². The highest BCUT2D eigenvalue weighted by Crippen LogP contribution is 2.12. The molecule has 0 aliphatic carbocycles. The number of nitrogens with two attached hydrogens (primary N) is 2. The van der Waals surface area contributed by atoms with Gasteiger partial charge in [0.15, 0.2) is 0 Å². The summed E-state index contributed by atoms with van der Waals surface area (Å²) in [6.07, 6.45) is 0. The molecule has 0 saturated carbocycles. The first-order valence-corrected chi connectivity index (χ1v) is 4.46.